The molecule has 1 aliphatic carbocycles. The molecule has 1 fully saturated rings. The molecule has 2 aliphatic rings. The third-order valence-corrected chi connectivity index (χ3v) is 1.88. The summed E-state index contributed by atoms with van der Waals surface area (Å²) in [5.74, 6) is 0.956. The van der Waals surface area contributed by atoms with Crippen LogP contribution in [0.4, 0.5) is 0 Å². The van der Waals surface area contributed by atoms with Gasteiger partial charge in [-0.15, -0.1) is 0 Å². The molecule has 0 saturated heterocycles. The van der Waals surface area contributed by atoms with Gasteiger partial charge in [0.2, 0.25) is 0 Å². The summed E-state index contributed by atoms with van der Waals surface area (Å²) in [6.07, 6.45) is 5.97. The molecule has 0 spiro atoms. The van der Waals surface area contributed by atoms with Crippen molar-refractivity contribution < 1.29 is 0 Å². The summed E-state index contributed by atoms with van der Waals surface area (Å²) in [5.41, 5.74) is 3.09. The van der Waals surface area contributed by atoms with Gasteiger partial charge in [0.05, 0.1) is 6.04 Å². The van der Waals surface area contributed by atoms with Crippen molar-refractivity contribution in [3.8, 4) is 0 Å². The molecule has 0 radical (unpaired) electrons. The van der Waals surface area contributed by atoms with Crippen LogP contribution < -0.4 is 5.43 Å². The molecule has 0 bridgehead atoms. The highest BCUT2D eigenvalue weighted by Crippen LogP contribution is 2.34. The molecule has 1 saturated carbocycles. The maximum absolute atomic E-state index is 3.95. The molecule has 0 amide bonds. The molecule has 8 heavy (non-hydrogen) atoms. The maximum atomic E-state index is 3.95. The number of hydrogen-bond donors (Lipinski definition) is 1. The zero-order valence-electron chi connectivity index (χ0n) is 4.80. The Morgan fingerprint density at radius 3 is 2.88 bits per heavy atom. The Bertz CT molecular complexity index is 108. The van der Waals surface area contributed by atoms with E-state index in [1.165, 1.54) is 12.8 Å². The van der Waals surface area contributed by atoms with Gasteiger partial charge in [0.15, 0.2) is 0 Å². The molecule has 0 aromatic rings. The Hall–Kier alpha value is -0.530. The standard InChI is InChI=1S/C6H10N2/c1-2-5(1)6-3-4-7-8-6/h4-6,8H,1-3H2. The Morgan fingerprint density at radius 1 is 1.50 bits per heavy atom. The molecule has 2 heteroatoms. The van der Waals surface area contributed by atoms with Crippen LogP contribution in [0.5, 0.6) is 0 Å². The molecule has 1 heterocycles. The van der Waals surface area contributed by atoms with Crippen LogP contribution in [-0.2, 0) is 0 Å². The van der Waals surface area contributed by atoms with E-state index in [1.807, 2.05) is 6.21 Å². The highest BCUT2D eigenvalue weighted by atomic mass is 15.3. The van der Waals surface area contributed by atoms with E-state index in [4.69, 9.17) is 0 Å². The third kappa shape index (κ3) is 0.602. The SMILES string of the molecule is C1=NNC(C2CC2)C1. The van der Waals surface area contributed by atoms with E-state index in [9.17, 15) is 0 Å². The van der Waals surface area contributed by atoms with Crippen molar-refractivity contribution in [3.63, 3.8) is 0 Å². The van der Waals surface area contributed by atoms with Crippen LogP contribution in [0, 0.1) is 5.92 Å². The van der Waals surface area contributed by atoms with Crippen LogP contribution in [0.2, 0.25) is 0 Å². The molecule has 1 aliphatic heterocycles. The molecule has 0 aromatic carbocycles. The van der Waals surface area contributed by atoms with Gasteiger partial charge < -0.3 is 5.43 Å². The minimum absolute atomic E-state index is 0.704. The number of nitrogens with zero attached hydrogens (tertiary/aromatic N) is 1. The van der Waals surface area contributed by atoms with Gasteiger partial charge in [-0.1, -0.05) is 0 Å². The van der Waals surface area contributed by atoms with Crippen molar-refractivity contribution in [1.82, 2.24) is 5.43 Å². The lowest BCUT2D eigenvalue weighted by Gasteiger charge is -2.04. The lowest BCUT2D eigenvalue weighted by molar-refractivity contribution is 0.523. The highest BCUT2D eigenvalue weighted by Gasteiger charge is 2.31. The summed E-state index contributed by atoms with van der Waals surface area (Å²) in [6, 6.07) is 0.704. The monoisotopic (exact) mass is 110 g/mol. The Morgan fingerprint density at radius 2 is 2.38 bits per heavy atom. The van der Waals surface area contributed by atoms with Crippen molar-refractivity contribution in [3.05, 3.63) is 0 Å². The summed E-state index contributed by atoms with van der Waals surface area (Å²) in [6.45, 7) is 0. The molecular weight excluding hydrogens is 100 g/mol. The van der Waals surface area contributed by atoms with Gasteiger partial charge in [-0.3, -0.25) is 0 Å². The molecule has 1 N–H and O–H groups in total. The van der Waals surface area contributed by atoms with Crippen LogP contribution in [0.25, 0.3) is 0 Å². The normalized spacial score (nSPS) is 35.2. The predicted octanol–water partition coefficient (Wildman–Crippen LogP) is 0.744. The summed E-state index contributed by atoms with van der Waals surface area (Å²) in [7, 11) is 0. The Kier molecular flexibility index (Phi) is 0.802. The van der Waals surface area contributed by atoms with E-state index in [2.05, 4.69) is 10.5 Å². The second-order valence-electron chi connectivity index (χ2n) is 2.62. The Balaban J connectivity index is 1.90. The number of rotatable bonds is 1. The van der Waals surface area contributed by atoms with Gasteiger partial charge in [0.1, 0.15) is 0 Å². The van der Waals surface area contributed by atoms with Crippen LogP contribution in [0.3, 0.4) is 0 Å². The molecule has 2 rings (SSSR count). The first-order valence-corrected chi connectivity index (χ1v) is 3.24. The van der Waals surface area contributed by atoms with Crippen molar-refractivity contribution in [2.45, 2.75) is 25.3 Å². The summed E-state index contributed by atoms with van der Waals surface area (Å²) in [5, 5.41) is 3.95. The van der Waals surface area contributed by atoms with Crippen LogP contribution in [0.1, 0.15) is 19.3 Å². The lowest BCUT2D eigenvalue weighted by atomic mass is 10.1. The molecule has 44 valence electrons. The first-order chi connectivity index (χ1) is 3.97. The van der Waals surface area contributed by atoms with Crippen molar-refractivity contribution in [2.24, 2.45) is 11.0 Å². The number of hydrogen-bond acceptors (Lipinski definition) is 2. The summed E-state index contributed by atoms with van der Waals surface area (Å²) < 4.78 is 0. The molecule has 0 aromatic heterocycles. The second kappa shape index (κ2) is 1.47. The first-order valence-electron chi connectivity index (χ1n) is 3.24. The predicted molar refractivity (Wildman–Crippen MR) is 32.8 cm³/mol. The Labute approximate surface area is 49.0 Å². The van der Waals surface area contributed by atoms with E-state index < -0.39 is 0 Å². The third-order valence-electron chi connectivity index (χ3n) is 1.88. The lowest BCUT2D eigenvalue weighted by Crippen LogP contribution is -2.20. The zero-order valence-corrected chi connectivity index (χ0v) is 4.80. The highest BCUT2D eigenvalue weighted by molar-refractivity contribution is 5.59. The number of nitrogens with one attached hydrogen (secondary N) is 1. The summed E-state index contributed by atoms with van der Waals surface area (Å²) >= 11 is 0. The van der Waals surface area contributed by atoms with Crippen LogP contribution in [-0.4, -0.2) is 12.3 Å². The number of hydrazone groups is 1. The van der Waals surface area contributed by atoms with Crippen LogP contribution in [0.15, 0.2) is 5.10 Å². The average molecular weight is 110 g/mol. The second-order valence-corrected chi connectivity index (χ2v) is 2.62. The van der Waals surface area contributed by atoms with Gasteiger partial charge in [-0.25, -0.2) is 0 Å². The minimum Gasteiger partial charge on any atom is -0.307 e. The van der Waals surface area contributed by atoms with Gasteiger partial charge in [0, 0.05) is 12.6 Å². The smallest absolute Gasteiger partial charge is 0.0518 e. The topological polar surface area (TPSA) is 24.4 Å². The van der Waals surface area contributed by atoms with Gasteiger partial charge in [0.25, 0.3) is 0 Å². The van der Waals surface area contributed by atoms with Gasteiger partial charge >= 0.3 is 0 Å². The molecule has 1 atom stereocenters. The van der Waals surface area contributed by atoms with Crippen LogP contribution >= 0.6 is 0 Å². The van der Waals surface area contributed by atoms with E-state index in [0.29, 0.717) is 6.04 Å². The molecular formula is C6H10N2. The van der Waals surface area contributed by atoms with Crippen molar-refractivity contribution >= 4 is 6.21 Å². The first kappa shape index (κ1) is 4.36. The quantitative estimate of drug-likeness (QED) is 0.529. The largest absolute Gasteiger partial charge is 0.307 e. The minimum atomic E-state index is 0.704. The van der Waals surface area contributed by atoms with Crippen molar-refractivity contribution in [2.75, 3.05) is 0 Å². The van der Waals surface area contributed by atoms with E-state index >= 15 is 0 Å². The zero-order chi connectivity index (χ0) is 5.40. The van der Waals surface area contributed by atoms with E-state index in [1.54, 1.807) is 0 Å². The molecule has 2 nitrogen and oxygen atoms in total. The fraction of sp³-hybridized carbons (Fsp3) is 0.833. The summed E-state index contributed by atoms with van der Waals surface area (Å²) in [4.78, 5) is 0. The van der Waals surface area contributed by atoms with Gasteiger partial charge in [-0.05, 0) is 18.8 Å². The average Bonchev–Trinajstić information content (AvgIpc) is 2.49. The molecule has 1 unspecified atom stereocenters. The fourth-order valence-corrected chi connectivity index (χ4v) is 1.16. The fourth-order valence-electron chi connectivity index (χ4n) is 1.16. The van der Waals surface area contributed by atoms with Crippen molar-refractivity contribution in [1.29, 1.82) is 0 Å². The van der Waals surface area contributed by atoms with E-state index in [-0.39, 0.29) is 0 Å². The van der Waals surface area contributed by atoms with Gasteiger partial charge in [-0.2, -0.15) is 5.10 Å². The maximum Gasteiger partial charge on any atom is 0.0518 e. The van der Waals surface area contributed by atoms with E-state index in [0.717, 1.165) is 12.3 Å².